The van der Waals surface area contributed by atoms with Crippen molar-refractivity contribution in [1.82, 2.24) is 20.1 Å². The molecule has 1 aliphatic rings. The normalized spacial score (nSPS) is 25.3. The van der Waals surface area contributed by atoms with Gasteiger partial charge in [0.1, 0.15) is 0 Å². The van der Waals surface area contributed by atoms with E-state index in [1.807, 2.05) is 13.8 Å². The summed E-state index contributed by atoms with van der Waals surface area (Å²) in [5.74, 6) is -0.291. The maximum atomic E-state index is 11.8. The molecule has 21 heavy (non-hydrogen) atoms. The molecule has 7 nitrogen and oxygen atoms in total. The molecule has 1 aliphatic carbocycles. The second kappa shape index (κ2) is 6.65. The van der Waals surface area contributed by atoms with Gasteiger partial charge < -0.3 is 11.1 Å². The van der Waals surface area contributed by atoms with Gasteiger partial charge in [0.15, 0.2) is 5.16 Å². The molecule has 0 spiro atoms. The number of rotatable bonds is 7. The summed E-state index contributed by atoms with van der Waals surface area (Å²) in [6.07, 6.45) is 3.17. The van der Waals surface area contributed by atoms with Gasteiger partial charge in [0.05, 0.1) is 5.54 Å². The van der Waals surface area contributed by atoms with Gasteiger partial charge in [-0.2, -0.15) is 0 Å². The number of primary amides is 1. The first-order valence-corrected chi connectivity index (χ1v) is 8.27. The van der Waals surface area contributed by atoms with Crippen LogP contribution in [0.2, 0.25) is 0 Å². The molecule has 1 heterocycles. The van der Waals surface area contributed by atoms with Gasteiger partial charge >= 0.3 is 5.69 Å². The Balaban J connectivity index is 2.09. The lowest BCUT2D eigenvalue weighted by Gasteiger charge is -2.26. The number of carbonyl (C=O) groups is 1. The van der Waals surface area contributed by atoms with Crippen molar-refractivity contribution in [3.63, 3.8) is 0 Å². The Hall–Kier alpha value is -1.28. The topological polar surface area (TPSA) is 106 Å². The third-order valence-electron chi connectivity index (χ3n) is 3.90. The van der Waals surface area contributed by atoms with Crippen LogP contribution >= 0.6 is 11.8 Å². The van der Waals surface area contributed by atoms with Gasteiger partial charge in [0.2, 0.25) is 5.91 Å². The summed E-state index contributed by atoms with van der Waals surface area (Å²) >= 11 is 1.56. The molecule has 1 aromatic rings. The Morgan fingerprint density at radius 3 is 3.00 bits per heavy atom. The summed E-state index contributed by atoms with van der Waals surface area (Å²) < 4.78 is 1.65. The average Bonchev–Trinajstić information content (AvgIpc) is 2.99. The van der Waals surface area contributed by atoms with Crippen LogP contribution in [0.4, 0.5) is 0 Å². The highest BCUT2D eigenvalue weighted by atomic mass is 32.2. The Bertz CT molecular complexity index is 555. The summed E-state index contributed by atoms with van der Waals surface area (Å²) in [4.78, 5) is 23.4. The molecule has 1 fully saturated rings. The van der Waals surface area contributed by atoms with Gasteiger partial charge in [0.25, 0.3) is 0 Å². The van der Waals surface area contributed by atoms with E-state index in [1.54, 1.807) is 16.3 Å². The highest BCUT2D eigenvalue weighted by Gasteiger charge is 2.44. The molecule has 1 saturated carbocycles. The molecule has 0 aliphatic heterocycles. The second-order valence-electron chi connectivity index (χ2n) is 5.42. The van der Waals surface area contributed by atoms with Crippen molar-refractivity contribution in [3.8, 4) is 0 Å². The number of carbonyl (C=O) groups excluding carboxylic acids is 1. The van der Waals surface area contributed by atoms with Gasteiger partial charge in [0, 0.05) is 11.8 Å². The fraction of sp³-hybridized carbons (Fsp3) is 0.769. The fourth-order valence-corrected chi connectivity index (χ4v) is 4.18. The molecule has 0 bridgehead atoms. The first-order chi connectivity index (χ1) is 10.0. The summed E-state index contributed by atoms with van der Waals surface area (Å²) in [5, 5.41) is 10.8. The molecule has 118 valence electrons. The van der Waals surface area contributed by atoms with Crippen molar-refractivity contribution < 1.29 is 4.79 Å². The quantitative estimate of drug-likeness (QED) is 0.678. The van der Waals surface area contributed by atoms with Crippen LogP contribution in [0.15, 0.2) is 9.95 Å². The van der Waals surface area contributed by atoms with Gasteiger partial charge in [-0.15, -0.1) is 5.10 Å². The largest absolute Gasteiger partial charge is 0.368 e. The van der Waals surface area contributed by atoms with Crippen LogP contribution in [0.5, 0.6) is 0 Å². The van der Waals surface area contributed by atoms with Gasteiger partial charge in [-0.1, -0.05) is 25.6 Å². The zero-order valence-electron chi connectivity index (χ0n) is 12.5. The maximum Gasteiger partial charge on any atom is 0.343 e. The monoisotopic (exact) mass is 313 g/mol. The van der Waals surface area contributed by atoms with Gasteiger partial charge in [-0.25, -0.2) is 9.89 Å². The number of nitrogens with two attached hydrogens (primary N) is 1. The lowest BCUT2D eigenvalue weighted by atomic mass is 9.97. The van der Waals surface area contributed by atoms with Crippen molar-refractivity contribution in [2.24, 2.45) is 5.73 Å². The SMILES string of the molecule is CCCn1c(SC2CCC(NCC)(C(N)=O)C2)n[nH]c1=O. The van der Waals surface area contributed by atoms with E-state index in [4.69, 9.17) is 5.73 Å². The van der Waals surface area contributed by atoms with E-state index in [0.717, 1.165) is 19.3 Å². The molecule has 0 aromatic carbocycles. The Labute approximate surface area is 128 Å². The van der Waals surface area contributed by atoms with Crippen molar-refractivity contribution in [2.75, 3.05) is 6.54 Å². The first kappa shape index (κ1) is 16.1. The summed E-state index contributed by atoms with van der Waals surface area (Å²) in [5.41, 5.74) is 4.78. The predicted octanol–water partition coefficient (Wildman–Crippen LogP) is 0.460. The molecule has 2 rings (SSSR count). The molecule has 0 saturated heterocycles. The number of likely N-dealkylation sites (N-methyl/N-ethyl adjacent to an activating group) is 1. The maximum absolute atomic E-state index is 11.8. The van der Waals surface area contributed by atoms with E-state index in [2.05, 4.69) is 15.5 Å². The zero-order valence-corrected chi connectivity index (χ0v) is 13.3. The third kappa shape index (κ3) is 3.32. The summed E-state index contributed by atoms with van der Waals surface area (Å²) in [6.45, 7) is 5.35. The Morgan fingerprint density at radius 1 is 1.62 bits per heavy atom. The number of aromatic nitrogens is 3. The second-order valence-corrected chi connectivity index (χ2v) is 6.69. The van der Waals surface area contributed by atoms with E-state index in [1.165, 1.54) is 0 Å². The van der Waals surface area contributed by atoms with Crippen LogP contribution in [-0.2, 0) is 11.3 Å². The zero-order chi connectivity index (χ0) is 15.5. The molecule has 1 aromatic heterocycles. The van der Waals surface area contributed by atoms with Gasteiger partial charge in [-0.3, -0.25) is 9.36 Å². The van der Waals surface area contributed by atoms with Crippen LogP contribution in [0, 0.1) is 0 Å². The van der Waals surface area contributed by atoms with E-state index in [-0.39, 0.29) is 16.8 Å². The predicted molar refractivity (Wildman–Crippen MR) is 82.2 cm³/mol. The van der Waals surface area contributed by atoms with Crippen LogP contribution in [0.25, 0.3) is 0 Å². The summed E-state index contributed by atoms with van der Waals surface area (Å²) in [7, 11) is 0. The standard InChI is InChI=1S/C13H23N5O2S/c1-3-7-18-11(20)16-17-12(18)21-9-5-6-13(8-9,10(14)19)15-4-2/h9,15H,3-8H2,1-2H3,(H2,14,19)(H,16,20). The number of amides is 1. The van der Waals surface area contributed by atoms with E-state index in [0.29, 0.717) is 24.7 Å². The number of H-pyrrole nitrogens is 1. The minimum Gasteiger partial charge on any atom is -0.368 e. The van der Waals surface area contributed by atoms with E-state index in [9.17, 15) is 9.59 Å². The van der Waals surface area contributed by atoms with Crippen molar-refractivity contribution >= 4 is 17.7 Å². The number of nitrogens with one attached hydrogen (secondary N) is 2. The average molecular weight is 313 g/mol. The molecule has 4 N–H and O–H groups in total. The molecule has 2 atom stereocenters. The highest BCUT2D eigenvalue weighted by molar-refractivity contribution is 7.99. The van der Waals surface area contributed by atoms with Crippen LogP contribution < -0.4 is 16.7 Å². The third-order valence-corrected chi connectivity index (χ3v) is 5.16. The first-order valence-electron chi connectivity index (χ1n) is 7.39. The smallest absolute Gasteiger partial charge is 0.343 e. The lowest BCUT2D eigenvalue weighted by Crippen LogP contribution is -2.53. The fourth-order valence-electron chi connectivity index (χ4n) is 2.87. The molecule has 0 radical (unpaired) electrons. The van der Waals surface area contributed by atoms with Crippen LogP contribution in [0.3, 0.4) is 0 Å². The number of nitrogens with zero attached hydrogens (tertiary/aromatic N) is 2. The minimum atomic E-state index is -0.612. The molecular weight excluding hydrogens is 290 g/mol. The highest BCUT2D eigenvalue weighted by Crippen LogP contribution is 2.39. The summed E-state index contributed by atoms with van der Waals surface area (Å²) in [6, 6.07) is 0. The molecule has 2 unspecified atom stereocenters. The van der Waals surface area contributed by atoms with E-state index < -0.39 is 5.54 Å². The van der Waals surface area contributed by atoms with Gasteiger partial charge in [-0.05, 0) is 32.2 Å². The van der Waals surface area contributed by atoms with Crippen LogP contribution in [0.1, 0.15) is 39.5 Å². The van der Waals surface area contributed by atoms with E-state index >= 15 is 0 Å². The molecular formula is C13H23N5O2S. The lowest BCUT2D eigenvalue weighted by molar-refractivity contribution is -0.124. The minimum absolute atomic E-state index is 0.176. The molecule has 1 amide bonds. The number of hydrogen-bond acceptors (Lipinski definition) is 5. The van der Waals surface area contributed by atoms with Crippen molar-refractivity contribution in [1.29, 1.82) is 0 Å². The van der Waals surface area contributed by atoms with Crippen LogP contribution in [-0.4, -0.2) is 38.0 Å². The number of thioether (sulfide) groups is 1. The Morgan fingerprint density at radius 2 is 2.38 bits per heavy atom. The number of aromatic amines is 1. The van der Waals surface area contributed by atoms with Crippen molar-refractivity contribution in [3.05, 3.63) is 10.5 Å². The Kier molecular flexibility index (Phi) is 5.10. The van der Waals surface area contributed by atoms with Crippen molar-refractivity contribution in [2.45, 2.75) is 62.0 Å². The number of hydrogen-bond donors (Lipinski definition) is 3. The molecule has 8 heteroatoms.